The topological polar surface area (TPSA) is 60.7 Å². The predicted molar refractivity (Wildman–Crippen MR) is 130 cm³/mol. The molecule has 1 aliphatic rings. The Hall–Kier alpha value is -2.77. The summed E-state index contributed by atoms with van der Waals surface area (Å²) in [7, 11) is 0. The predicted octanol–water partition coefficient (Wildman–Crippen LogP) is 4.37. The number of nitrogens with zero attached hydrogens (tertiary/aromatic N) is 2. The minimum Gasteiger partial charge on any atom is -0.459 e. The third kappa shape index (κ3) is 4.27. The molecule has 1 atom stereocenters. The molecule has 0 radical (unpaired) electrons. The van der Waals surface area contributed by atoms with Crippen LogP contribution in [0.25, 0.3) is 6.08 Å². The van der Waals surface area contributed by atoms with Gasteiger partial charge < -0.3 is 4.74 Å². The van der Waals surface area contributed by atoms with Crippen LogP contribution in [-0.2, 0) is 9.53 Å². The van der Waals surface area contributed by atoms with Gasteiger partial charge >= 0.3 is 5.97 Å². The second kappa shape index (κ2) is 9.00. The maximum absolute atomic E-state index is 13.5. The molecule has 7 heteroatoms. The van der Waals surface area contributed by atoms with E-state index in [4.69, 9.17) is 4.74 Å². The van der Waals surface area contributed by atoms with Gasteiger partial charge in [-0.3, -0.25) is 9.36 Å². The third-order valence-electron chi connectivity index (χ3n) is 5.30. The standard InChI is InChI=1S/C25H26N2O3S2/c1-14(2)18-10-8-17(9-11-18)13-20-23(28)27-22(19-7-6-12-31-19)21(24(29)30-15(3)4)16(5)26-25(27)32-20/h6-15,22H,1-5H3/b20-13+/t22-/m0/s1. The Morgan fingerprint density at radius 2 is 1.88 bits per heavy atom. The number of benzene rings is 1. The van der Waals surface area contributed by atoms with E-state index in [0.29, 0.717) is 26.5 Å². The van der Waals surface area contributed by atoms with Gasteiger partial charge in [0, 0.05) is 4.88 Å². The molecule has 0 saturated carbocycles. The highest BCUT2D eigenvalue weighted by atomic mass is 32.1. The molecule has 5 nitrogen and oxygen atoms in total. The quantitative estimate of drug-likeness (QED) is 0.525. The molecule has 3 aromatic rings. The lowest BCUT2D eigenvalue weighted by Crippen LogP contribution is -2.39. The van der Waals surface area contributed by atoms with Crippen molar-refractivity contribution in [1.29, 1.82) is 0 Å². The van der Waals surface area contributed by atoms with Gasteiger partial charge in [0.1, 0.15) is 6.04 Å². The summed E-state index contributed by atoms with van der Waals surface area (Å²) in [5, 5.41) is 1.95. The molecule has 2 aromatic heterocycles. The lowest BCUT2D eigenvalue weighted by Gasteiger charge is -2.24. The van der Waals surface area contributed by atoms with Gasteiger partial charge in [-0.05, 0) is 55.3 Å². The van der Waals surface area contributed by atoms with Crippen molar-refractivity contribution in [2.75, 3.05) is 0 Å². The number of carbonyl (C=O) groups is 1. The van der Waals surface area contributed by atoms with Crippen LogP contribution >= 0.6 is 22.7 Å². The van der Waals surface area contributed by atoms with Crippen molar-refractivity contribution >= 4 is 34.7 Å². The summed E-state index contributed by atoms with van der Waals surface area (Å²) >= 11 is 2.86. The zero-order valence-corrected chi connectivity index (χ0v) is 20.4. The molecule has 3 heterocycles. The van der Waals surface area contributed by atoms with Crippen LogP contribution in [0.4, 0.5) is 0 Å². The Labute approximate surface area is 195 Å². The van der Waals surface area contributed by atoms with E-state index in [1.54, 1.807) is 11.5 Å². The Balaban J connectivity index is 1.86. The number of carbonyl (C=O) groups excluding carboxylic acids is 1. The SMILES string of the molecule is CC1=C(C(=O)OC(C)C)[C@H](c2cccs2)n2c(s/c(=C/c3ccc(C(C)C)cc3)c2=O)=N1. The molecule has 0 amide bonds. The van der Waals surface area contributed by atoms with Gasteiger partial charge in [0.05, 0.1) is 21.9 Å². The first-order valence-electron chi connectivity index (χ1n) is 10.6. The van der Waals surface area contributed by atoms with E-state index in [1.165, 1.54) is 28.2 Å². The number of esters is 1. The van der Waals surface area contributed by atoms with Crippen LogP contribution in [0.15, 0.2) is 62.8 Å². The Kier molecular flexibility index (Phi) is 6.31. The number of aromatic nitrogens is 1. The molecule has 0 unspecified atom stereocenters. The fourth-order valence-electron chi connectivity index (χ4n) is 3.70. The third-order valence-corrected chi connectivity index (χ3v) is 7.21. The lowest BCUT2D eigenvalue weighted by atomic mass is 10.0. The van der Waals surface area contributed by atoms with Gasteiger partial charge in [0.15, 0.2) is 4.80 Å². The average Bonchev–Trinajstić information content (AvgIpc) is 3.36. The maximum atomic E-state index is 13.5. The van der Waals surface area contributed by atoms with E-state index in [-0.39, 0.29) is 11.7 Å². The number of thiazole rings is 1. The lowest BCUT2D eigenvalue weighted by molar-refractivity contribution is -0.143. The van der Waals surface area contributed by atoms with Crippen LogP contribution < -0.4 is 14.9 Å². The highest BCUT2D eigenvalue weighted by Gasteiger charge is 2.34. The number of hydrogen-bond acceptors (Lipinski definition) is 6. The van der Waals surface area contributed by atoms with E-state index < -0.39 is 12.0 Å². The monoisotopic (exact) mass is 466 g/mol. The van der Waals surface area contributed by atoms with Gasteiger partial charge in [-0.2, -0.15) is 0 Å². The summed E-state index contributed by atoms with van der Waals surface area (Å²) < 4.78 is 7.73. The van der Waals surface area contributed by atoms with E-state index in [1.807, 2.05) is 49.6 Å². The number of thiophene rings is 1. The molecule has 1 aromatic carbocycles. The van der Waals surface area contributed by atoms with Crippen LogP contribution in [0.1, 0.15) is 62.6 Å². The summed E-state index contributed by atoms with van der Waals surface area (Å²) in [6.07, 6.45) is 1.63. The zero-order valence-electron chi connectivity index (χ0n) is 18.8. The second-order valence-corrected chi connectivity index (χ2v) is 10.4. The van der Waals surface area contributed by atoms with Gasteiger partial charge in [-0.1, -0.05) is 55.5 Å². The molecule has 0 aliphatic carbocycles. The van der Waals surface area contributed by atoms with Crippen LogP contribution in [0.3, 0.4) is 0 Å². The fraction of sp³-hybridized carbons (Fsp3) is 0.320. The van der Waals surface area contributed by atoms with Gasteiger partial charge in [0.25, 0.3) is 5.56 Å². The van der Waals surface area contributed by atoms with Crippen LogP contribution in [-0.4, -0.2) is 16.6 Å². The van der Waals surface area contributed by atoms with Gasteiger partial charge in [0.2, 0.25) is 0 Å². The van der Waals surface area contributed by atoms with Crippen molar-refractivity contribution in [3.63, 3.8) is 0 Å². The van der Waals surface area contributed by atoms with Crippen molar-refractivity contribution in [1.82, 2.24) is 4.57 Å². The fourth-order valence-corrected chi connectivity index (χ4v) is 5.57. The smallest absolute Gasteiger partial charge is 0.338 e. The highest BCUT2D eigenvalue weighted by molar-refractivity contribution is 7.10. The molecule has 4 rings (SSSR count). The number of fused-ring (bicyclic) bond motifs is 1. The average molecular weight is 467 g/mol. The van der Waals surface area contributed by atoms with Crippen LogP contribution in [0, 0.1) is 0 Å². The summed E-state index contributed by atoms with van der Waals surface area (Å²) in [6.45, 7) is 9.74. The number of allylic oxidation sites excluding steroid dienone is 1. The summed E-state index contributed by atoms with van der Waals surface area (Å²) in [5.41, 5.74) is 3.07. The summed E-state index contributed by atoms with van der Waals surface area (Å²) in [6, 6.07) is 11.6. The molecule has 0 N–H and O–H groups in total. The molecule has 0 fully saturated rings. The second-order valence-electron chi connectivity index (χ2n) is 8.37. The highest BCUT2D eigenvalue weighted by Crippen LogP contribution is 2.33. The minimum atomic E-state index is -0.539. The Bertz CT molecular complexity index is 1340. The van der Waals surface area contributed by atoms with Crippen LogP contribution in [0.2, 0.25) is 0 Å². The van der Waals surface area contributed by atoms with E-state index in [2.05, 4.69) is 31.0 Å². The first kappa shape index (κ1) is 22.4. The maximum Gasteiger partial charge on any atom is 0.338 e. The van der Waals surface area contributed by atoms with E-state index >= 15 is 0 Å². The molecular formula is C25H26N2O3S2. The molecule has 166 valence electrons. The minimum absolute atomic E-state index is 0.151. The normalized spacial score (nSPS) is 16.5. The van der Waals surface area contributed by atoms with Crippen LogP contribution in [0.5, 0.6) is 0 Å². The molecular weight excluding hydrogens is 440 g/mol. The van der Waals surface area contributed by atoms with E-state index in [9.17, 15) is 9.59 Å². The first-order valence-corrected chi connectivity index (χ1v) is 12.3. The molecule has 1 aliphatic heterocycles. The first-order chi connectivity index (χ1) is 15.3. The number of ether oxygens (including phenoxy) is 1. The Morgan fingerprint density at radius 3 is 2.47 bits per heavy atom. The van der Waals surface area contributed by atoms with Gasteiger partial charge in [-0.15, -0.1) is 11.3 Å². The molecule has 32 heavy (non-hydrogen) atoms. The van der Waals surface area contributed by atoms with Crippen molar-refractivity contribution in [3.8, 4) is 0 Å². The zero-order chi connectivity index (χ0) is 23.0. The Morgan fingerprint density at radius 1 is 1.16 bits per heavy atom. The molecule has 0 saturated heterocycles. The number of hydrogen-bond donors (Lipinski definition) is 0. The van der Waals surface area contributed by atoms with Crippen molar-refractivity contribution in [3.05, 3.63) is 88.7 Å². The number of rotatable bonds is 5. The van der Waals surface area contributed by atoms with Crippen molar-refractivity contribution < 1.29 is 9.53 Å². The molecule has 0 spiro atoms. The molecule has 0 bridgehead atoms. The van der Waals surface area contributed by atoms with Gasteiger partial charge in [-0.25, -0.2) is 9.79 Å². The van der Waals surface area contributed by atoms with Crippen molar-refractivity contribution in [2.24, 2.45) is 4.99 Å². The van der Waals surface area contributed by atoms with Crippen molar-refractivity contribution in [2.45, 2.75) is 52.7 Å². The summed E-state index contributed by atoms with van der Waals surface area (Å²) in [4.78, 5) is 32.6. The summed E-state index contributed by atoms with van der Waals surface area (Å²) in [5.74, 6) is 0.0188. The van der Waals surface area contributed by atoms with E-state index in [0.717, 1.165) is 10.4 Å². The largest absolute Gasteiger partial charge is 0.459 e.